The summed E-state index contributed by atoms with van der Waals surface area (Å²) in [6.07, 6.45) is 1.95. The molecule has 0 aliphatic carbocycles. The maximum absolute atomic E-state index is 9.09. The second kappa shape index (κ2) is 4.71. The van der Waals surface area contributed by atoms with Crippen molar-refractivity contribution in [2.45, 2.75) is 6.92 Å². The predicted octanol–water partition coefficient (Wildman–Crippen LogP) is 4.56. The van der Waals surface area contributed by atoms with Crippen LogP contribution in [0.2, 0.25) is 0 Å². The summed E-state index contributed by atoms with van der Waals surface area (Å²) in [5.41, 5.74) is 5.82. The molecule has 1 N–H and O–H groups in total. The monoisotopic (exact) mass is 283 g/mol. The topological polar surface area (TPSA) is 52.5 Å². The van der Waals surface area contributed by atoms with Crippen molar-refractivity contribution in [1.82, 2.24) is 9.97 Å². The van der Waals surface area contributed by atoms with Crippen LogP contribution >= 0.6 is 0 Å². The van der Waals surface area contributed by atoms with Crippen LogP contribution < -0.4 is 0 Å². The molecule has 0 radical (unpaired) electrons. The molecule has 2 aromatic heterocycles. The SMILES string of the molecule is Cc1ccc2nc(-c3c[nH]c4ccc(C#N)cc34)ccc2c1. The Morgan fingerprint density at radius 2 is 1.95 bits per heavy atom. The lowest BCUT2D eigenvalue weighted by molar-refractivity contribution is 1.38. The lowest BCUT2D eigenvalue weighted by atomic mass is 10.1. The van der Waals surface area contributed by atoms with E-state index in [0.29, 0.717) is 5.56 Å². The Labute approximate surface area is 127 Å². The number of hydrogen-bond donors (Lipinski definition) is 1. The van der Waals surface area contributed by atoms with Gasteiger partial charge >= 0.3 is 0 Å². The molecule has 3 nitrogen and oxygen atoms in total. The molecule has 4 aromatic rings. The second-order valence-electron chi connectivity index (χ2n) is 5.47. The normalized spacial score (nSPS) is 10.9. The molecule has 22 heavy (non-hydrogen) atoms. The Morgan fingerprint density at radius 3 is 2.82 bits per heavy atom. The van der Waals surface area contributed by atoms with E-state index >= 15 is 0 Å². The van der Waals surface area contributed by atoms with Crippen LogP contribution in [0.4, 0.5) is 0 Å². The number of benzene rings is 2. The van der Waals surface area contributed by atoms with Crippen LogP contribution in [0, 0.1) is 18.3 Å². The van der Waals surface area contributed by atoms with Gasteiger partial charge in [-0.05, 0) is 43.3 Å². The van der Waals surface area contributed by atoms with Gasteiger partial charge in [0.2, 0.25) is 0 Å². The van der Waals surface area contributed by atoms with Crippen molar-refractivity contribution >= 4 is 21.8 Å². The molecule has 0 fully saturated rings. The minimum atomic E-state index is 0.657. The van der Waals surface area contributed by atoms with Gasteiger partial charge in [0.05, 0.1) is 22.8 Å². The minimum absolute atomic E-state index is 0.657. The summed E-state index contributed by atoms with van der Waals surface area (Å²) in [4.78, 5) is 8.01. The van der Waals surface area contributed by atoms with E-state index in [1.54, 1.807) is 0 Å². The molecule has 0 spiro atoms. The fraction of sp³-hybridized carbons (Fsp3) is 0.0526. The van der Waals surface area contributed by atoms with E-state index in [1.807, 2.05) is 36.5 Å². The van der Waals surface area contributed by atoms with Crippen LogP contribution in [-0.2, 0) is 0 Å². The molecule has 0 bridgehead atoms. The van der Waals surface area contributed by atoms with Crippen LogP contribution in [0.1, 0.15) is 11.1 Å². The summed E-state index contributed by atoms with van der Waals surface area (Å²) in [7, 11) is 0. The number of nitriles is 1. The predicted molar refractivity (Wildman–Crippen MR) is 88.5 cm³/mol. The van der Waals surface area contributed by atoms with Gasteiger partial charge in [-0.25, -0.2) is 4.98 Å². The molecule has 0 amide bonds. The van der Waals surface area contributed by atoms with Crippen LogP contribution in [0.15, 0.2) is 54.7 Å². The van der Waals surface area contributed by atoms with Gasteiger partial charge in [0.15, 0.2) is 0 Å². The Bertz CT molecular complexity index is 1050. The molecule has 0 aliphatic heterocycles. The zero-order valence-corrected chi connectivity index (χ0v) is 12.1. The molecular weight excluding hydrogens is 270 g/mol. The van der Waals surface area contributed by atoms with E-state index in [-0.39, 0.29) is 0 Å². The first-order chi connectivity index (χ1) is 10.7. The molecule has 2 aromatic carbocycles. The smallest absolute Gasteiger partial charge is 0.0991 e. The summed E-state index contributed by atoms with van der Waals surface area (Å²) in [5, 5.41) is 11.3. The van der Waals surface area contributed by atoms with Crippen molar-refractivity contribution in [3.8, 4) is 17.3 Å². The molecule has 0 aliphatic rings. The highest BCUT2D eigenvalue weighted by Crippen LogP contribution is 2.29. The lowest BCUT2D eigenvalue weighted by Gasteiger charge is -2.03. The molecule has 0 saturated heterocycles. The zero-order chi connectivity index (χ0) is 15.1. The zero-order valence-electron chi connectivity index (χ0n) is 12.1. The third kappa shape index (κ3) is 1.94. The fourth-order valence-corrected chi connectivity index (χ4v) is 2.80. The van der Waals surface area contributed by atoms with Crippen LogP contribution in [0.5, 0.6) is 0 Å². The number of aromatic amines is 1. The summed E-state index contributed by atoms with van der Waals surface area (Å²) in [5.74, 6) is 0. The number of H-pyrrole nitrogens is 1. The van der Waals surface area contributed by atoms with Gasteiger partial charge in [-0.1, -0.05) is 17.7 Å². The van der Waals surface area contributed by atoms with Gasteiger partial charge < -0.3 is 4.98 Å². The fourth-order valence-electron chi connectivity index (χ4n) is 2.80. The maximum atomic E-state index is 9.09. The first-order valence-corrected chi connectivity index (χ1v) is 7.13. The molecular formula is C19H13N3. The third-order valence-electron chi connectivity index (χ3n) is 3.93. The number of nitrogens with zero attached hydrogens (tertiary/aromatic N) is 2. The molecule has 0 saturated carbocycles. The number of rotatable bonds is 1. The first-order valence-electron chi connectivity index (χ1n) is 7.13. The van der Waals surface area contributed by atoms with Gasteiger partial charge in [-0.3, -0.25) is 0 Å². The highest BCUT2D eigenvalue weighted by Gasteiger charge is 2.09. The van der Waals surface area contributed by atoms with E-state index in [0.717, 1.165) is 33.1 Å². The Morgan fingerprint density at radius 1 is 1.05 bits per heavy atom. The molecule has 3 heteroatoms. The van der Waals surface area contributed by atoms with Gasteiger partial charge in [0.1, 0.15) is 0 Å². The number of aryl methyl sites for hydroxylation is 1. The van der Waals surface area contributed by atoms with Crippen molar-refractivity contribution in [3.63, 3.8) is 0 Å². The van der Waals surface area contributed by atoms with Crippen molar-refractivity contribution in [2.24, 2.45) is 0 Å². The quantitative estimate of drug-likeness (QED) is 0.556. The van der Waals surface area contributed by atoms with Crippen molar-refractivity contribution < 1.29 is 0 Å². The average Bonchev–Trinajstić information content (AvgIpc) is 2.97. The number of nitrogens with one attached hydrogen (secondary N) is 1. The Balaban J connectivity index is 1.95. The lowest BCUT2D eigenvalue weighted by Crippen LogP contribution is -1.85. The summed E-state index contributed by atoms with van der Waals surface area (Å²) in [6.45, 7) is 2.08. The molecule has 2 heterocycles. The number of fused-ring (bicyclic) bond motifs is 2. The van der Waals surface area contributed by atoms with Gasteiger partial charge in [-0.15, -0.1) is 0 Å². The summed E-state index contributed by atoms with van der Waals surface area (Å²) in [6, 6.07) is 18.2. The number of pyridine rings is 1. The number of aromatic nitrogens is 2. The van der Waals surface area contributed by atoms with Crippen LogP contribution in [0.3, 0.4) is 0 Å². The average molecular weight is 283 g/mol. The molecule has 0 unspecified atom stereocenters. The maximum Gasteiger partial charge on any atom is 0.0991 e. The Hall–Kier alpha value is -3.12. The third-order valence-corrected chi connectivity index (χ3v) is 3.93. The van der Waals surface area contributed by atoms with E-state index in [2.05, 4.69) is 36.2 Å². The number of hydrogen-bond acceptors (Lipinski definition) is 2. The van der Waals surface area contributed by atoms with Gasteiger partial charge in [0.25, 0.3) is 0 Å². The highest BCUT2D eigenvalue weighted by molar-refractivity contribution is 5.96. The Kier molecular flexibility index (Phi) is 2.70. The first kappa shape index (κ1) is 12.6. The van der Waals surface area contributed by atoms with E-state index in [9.17, 15) is 0 Å². The van der Waals surface area contributed by atoms with Crippen molar-refractivity contribution in [2.75, 3.05) is 0 Å². The van der Waals surface area contributed by atoms with Gasteiger partial charge in [0, 0.05) is 28.0 Å². The second-order valence-corrected chi connectivity index (χ2v) is 5.47. The van der Waals surface area contributed by atoms with E-state index in [4.69, 9.17) is 10.2 Å². The van der Waals surface area contributed by atoms with E-state index < -0.39 is 0 Å². The molecule has 4 rings (SSSR count). The van der Waals surface area contributed by atoms with Crippen molar-refractivity contribution in [3.05, 3.63) is 65.9 Å². The molecule has 0 atom stereocenters. The summed E-state index contributed by atoms with van der Waals surface area (Å²) >= 11 is 0. The largest absolute Gasteiger partial charge is 0.360 e. The van der Waals surface area contributed by atoms with Crippen molar-refractivity contribution in [1.29, 1.82) is 5.26 Å². The standard InChI is InChI=1S/C19H13N3/c1-12-2-5-17-14(8-12)4-7-19(22-17)16-11-21-18-6-3-13(10-20)9-15(16)18/h2-9,11,21H,1H3. The highest BCUT2D eigenvalue weighted by atomic mass is 14.7. The molecule has 104 valence electrons. The minimum Gasteiger partial charge on any atom is -0.360 e. The van der Waals surface area contributed by atoms with Crippen LogP contribution in [0.25, 0.3) is 33.1 Å². The van der Waals surface area contributed by atoms with Crippen LogP contribution in [-0.4, -0.2) is 9.97 Å². The van der Waals surface area contributed by atoms with Gasteiger partial charge in [-0.2, -0.15) is 5.26 Å². The summed E-state index contributed by atoms with van der Waals surface area (Å²) < 4.78 is 0. The van der Waals surface area contributed by atoms with E-state index in [1.165, 1.54) is 5.56 Å².